The summed E-state index contributed by atoms with van der Waals surface area (Å²) in [6.07, 6.45) is 1.07. The van der Waals surface area contributed by atoms with Crippen LogP contribution in [0.15, 0.2) is 4.99 Å². The van der Waals surface area contributed by atoms with Gasteiger partial charge in [0.2, 0.25) is 0 Å². The zero-order valence-corrected chi connectivity index (χ0v) is 5.50. The number of aliphatic imine (C=N–C) groups is 1. The molecule has 2 heteroatoms. The van der Waals surface area contributed by atoms with Crippen LogP contribution in [0.2, 0.25) is 0 Å². The van der Waals surface area contributed by atoms with E-state index >= 15 is 0 Å². The smallest absolute Gasteiger partial charge is 0.0972 e. The molecule has 0 aromatic heterocycles. The van der Waals surface area contributed by atoms with Crippen LogP contribution >= 0.6 is 11.6 Å². The lowest BCUT2D eigenvalue weighted by Gasteiger charge is -1.83. The molecule has 0 N–H and O–H groups in total. The number of hydrogen-bond donors (Lipinski definition) is 0. The summed E-state index contributed by atoms with van der Waals surface area (Å²) in [6, 6.07) is 0. The highest BCUT2D eigenvalue weighted by molar-refractivity contribution is 6.64. The first-order valence-corrected chi connectivity index (χ1v) is 2.81. The van der Waals surface area contributed by atoms with E-state index in [2.05, 4.69) is 11.9 Å². The second kappa shape index (κ2) is 4.13. The molecule has 0 fully saturated rings. The molecule has 0 unspecified atom stereocenters. The lowest BCUT2D eigenvalue weighted by Crippen LogP contribution is -1.79. The van der Waals surface area contributed by atoms with Gasteiger partial charge in [-0.05, 0) is 13.3 Å². The Balaban J connectivity index is 3.08. The maximum Gasteiger partial charge on any atom is 0.0972 e. The molecule has 0 aliphatic rings. The van der Waals surface area contributed by atoms with Crippen LogP contribution in [0, 0.1) is 0 Å². The van der Waals surface area contributed by atoms with Crippen LogP contribution in [0.4, 0.5) is 0 Å². The van der Waals surface area contributed by atoms with Gasteiger partial charge in [-0.15, -0.1) is 0 Å². The highest BCUT2D eigenvalue weighted by Crippen LogP contribution is 1.84. The third kappa shape index (κ3) is 5.96. The van der Waals surface area contributed by atoms with E-state index in [1.165, 1.54) is 0 Å². The molecule has 0 saturated carbocycles. The van der Waals surface area contributed by atoms with Crippen molar-refractivity contribution in [3.63, 3.8) is 0 Å². The van der Waals surface area contributed by atoms with E-state index in [4.69, 9.17) is 11.6 Å². The van der Waals surface area contributed by atoms with E-state index in [9.17, 15) is 0 Å². The quantitative estimate of drug-likeness (QED) is 0.494. The number of hydrogen-bond acceptors (Lipinski definition) is 1. The van der Waals surface area contributed by atoms with Gasteiger partial charge in [-0.1, -0.05) is 18.5 Å². The van der Waals surface area contributed by atoms with Gasteiger partial charge in [0.1, 0.15) is 0 Å². The molecule has 0 saturated heterocycles. The SMILES string of the molecule is CCCN=C(C)Cl. The molecule has 0 bridgehead atoms. The van der Waals surface area contributed by atoms with Crippen LogP contribution < -0.4 is 0 Å². The van der Waals surface area contributed by atoms with Gasteiger partial charge in [0.15, 0.2) is 0 Å². The average Bonchev–Trinajstić information content (AvgIpc) is 1.61. The van der Waals surface area contributed by atoms with Crippen LogP contribution in [-0.2, 0) is 0 Å². The first-order valence-electron chi connectivity index (χ1n) is 2.44. The first kappa shape index (κ1) is 6.96. The molecule has 0 aliphatic carbocycles. The fourth-order valence-electron chi connectivity index (χ4n) is 0.266. The van der Waals surface area contributed by atoms with Gasteiger partial charge in [0.25, 0.3) is 0 Å². The number of nitrogens with zero attached hydrogens (tertiary/aromatic N) is 1. The van der Waals surface area contributed by atoms with Gasteiger partial charge in [-0.3, -0.25) is 4.99 Å². The molecule has 0 rings (SSSR count). The normalized spacial score (nSPS) is 12.1. The topological polar surface area (TPSA) is 12.4 Å². The lowest BCUT2D eigenvalue weighted by atomic mass is 10.5. The van der Waals surface area contributed by atoms with Crippen LogP contribution in [0.1, 0.15) is 20.3 Å². The zero-order valence-electron chi connectivity index (χ0n) is 4.74. The Hall–Kier alpha value is -0.0400. The van der Waals surface area contributed by atoms with Gasteiger partial charge in [0, 0.05) is 6.54 Å². The van der Waals surface area contributed by atoms with Crippen molar-refractivity contribution in [1.29, 1.82) is 0 Å². The summed E-state index contributed by atoms with van der Waals surface area (Å²) in [5.74, 6) is 0. The van der Waals surface area contributed by atoms with Crippen molar-refractivity contribution in [2.75, 3.05) is 6.54 Å². The second-order valence-corrected chi connectivity index (χ2v) is 1.93. The van der Waals surface area contributed by atoms with Crippen LogP contribution in [0.3, 0.4) is 0 Å². The van der Waals surface area contributed by atoms with Crippen molar-refractivity contribution < 1.29 is 0 Å². The number of halogens is 1. The van der Waals surface area contributed by atoms with Gasteiger partial charge >= 0.3 is 0 Å². The lowest BCUT2D eigenvalue weighted by molar-refractivity contribution is 0.934. The molecule has 0 spiro atoms. The minimum absolute atomic E-state index is 0.654. The van der Waals surface area contributed by atoms with Gasteiger partial charge in [-0.25, -0.2) is 0 Å². The Kier molecular flexibility index (Phi) is 4.10. The van der Waals surface area contributed by atoms with Crippen LogP contribution in [-0.4, -0.2) is 11.7 Å². The molecule has 0 aromatic rings. The minimum atomic E-state index is 0.654. The molecule has 0 amide bonds. The maximum absolute atomic E-state index is 5.41. The van der Waals surface area contributed by atoms with Gasteiger partial charge in [0.05, 0.1) is 5.17 Å². The van der Waals surface area contributed by atoms with E-state index in [1.54, 1.807) is 6.92 Å². The summed E-state index contributed by atoms with van der Waals surface area (Å²) < 4.78 is 0. The van der Waals surface area contributed by atoms with Crippen molar-refractivity contribution in [1.82, 2.24) is 0 Å². The summed E-state index contributed by atoms with van der Waals surface area (Å²) in [6.45, 7) is 4.72. The van der Waals surface area contributed by atoms with E-state index in [1.807, 2.05) is 0 Å². The zero-order chi connectivity index (χ0) is 5.70. The van der Waals surface area contributed by atoms with Crippen molar-refractivity contribution in [2.24, 2.45) is 4.99 Å². The van der Waals surface area contributed by atoms with Crippen molar-refractivity contribution in [3.05, 3.63) is 0 Å². The van der Waals surface area contributed by atoms with Crippen LogP contribution in [0.5, 0.6) is 0 Å². The van der Waals surface area contributed by atoms with E-state index in [0.717, 1.165) is 13.0 Å². The fourth-order valence-corrected chi connectivity index (χ4v) is 0.350. The Morgan fingerprint density at radius 3 is 2.43 bits per heavy atom. The number of rotatable bonds is 2. The first-order chi connectivity index (χ1) is 3.27. The minimum Gasteiger partial charge on any atom is -0.278 e. The van der Waals surface area contributed by atoms with E-state index < -0.39 is 0 Å². The molecule has 42 valence electrons. The molecule has 7 heavy (non-hydrogen) atoms. The molecule has 0 radical (unpaired) electrons. The fraction of sp³-hybridized carbons (Fsp3) is 0.800. The molecule has 0 atom stereocenters. The Morgan fingerprint density at radius 1 is 1.71 bits per heavy atom. The summed E-state index contributed by atoms with van der Waals surface area (Å²) in [7, 11) is 0. The molecule has 0 aromatic carbocycles. The molecule has 1 nitrogen and oxygen atoms in total. The maximum atomic E-state index is 5.41. The largest absolute Gasteiger partial charge is 0.278 e. The summed E-state index contributed by atoms with van der Waals surface area (Å²) >= 11 is 5.41. The third-order valence-corrected chi connectivity index (χ3v) is 0.673. The Bertz CT molecular complexity index is 64.5. The van der Waals surface area contributed by atoms with Crippen molar-refractivity contribution >= 4 is 16.8 Å². The van der Waals surface area contributed by atoms with Crippen molar-refractivity contribution in [2.45, 2.75) is 20.3 Å². The predicted molar refractivity (Wildman–Crippen MR) is 34.1 cm³/mol. The molecular formula is C5H10ClN. The summed E-state index contributed by atoms with van der Waals surface area (Å²) in [5.41, 5.74) is 0. The molecular weight excluding hydrogens is 110 g/mol. The van der Waals surface area contributed by atoms with E-state index in [0.29, 0.717) is 5.17 Å². The van der Waals surface area contributed by atoms with Crippen LogP contribution in [0.25, 0.3) is 0 Å². The summed E-state index contributed by atoms with van der Waals surface area (Å²) in [5, 5.41) is 0.654. The molecule has 0 heterocycles. The summed E-state index contributed by atoms with van der Waals surface area (Å²) in [4.78, 5) is 3.93. The highest BCUT2D eigenvalue weighted by atomic mass is 35.5. The van der Waals surface area contributed by atoms with Crippen molar-refractivity contribution in [3.8, 4) is 0 Å². The third-order valence-electron chi connectivity index (χ3n) is 0.553. The Labute approximate surface area is 49.4 Å². The monoisotopic (exact) mass is 119 g/mol. The van der Waals surface area contributed by atoms with Gasteiger partial charge < -0.3 is 0 Å². The average molecular weight is 120 g/mol. The standard InChI is InChI=1S/C5H10ClN/c1-3-4-7-5(2)6/h3-4H2,1-2H3. The Morgan fingerprint density at radius 2 is 2.29 bits per heavy atom. The van der Waals surface area contributed by atoms with E-state index in [-0.39, 0.29) is 0 Å². The second-order valence-electron chi connectivity index (χ2n) is 1.38. The van der Waals surface area contributed by atoms with Gasteiger partial charge in [-0.2, -0.15) is 0 Å². The molecule has 0 aliphatic heterocycles. The highest BCUT2D eigenvalue weighted by Gasteiger charge is 1.76. The predicted octanol–water partition coefficient (Wildman–Crippen LogP) is 2.05.